The lowest BCUT2D eigenvalue weighted by Gasteiger charge is -2.26. The lowest BCUT2D eigenvalue weighted by Crippen LogP contribution is -2.26. The molecule has 2 aromatic heterocycles. The molecule has 0 aromatic carbocycles. The van der Waals surface area contributed by atoms with Crippen LogP contribution in [0.15, 0.2) is 16.7 Å². The third kappa shape index (κ3) is 2.75. The van der Waals surface area contributed by atoms with Gasteiger partial charge in [-0.3, -0.25) is 4.79 Å². The highest BCUT2D eigenvalue weighted by atomic mass is 32.1. The molecule has 0 saturated carbocycles. The Bertz CT molecular complexity index is 684. The number of thiazole rings is 1. The second-order valence-corrected chi connectivity index (χ2v) is 7.55. The summed E-state index contributed by atoms with van der Waals surface area (Å²) in [5.41, 5.74) is 2.14. The number of hydrogen-bond donors (Lipinski definition) is 0. The number of fused-ring (bicyclic) bond motifs is 1. The number of anilines is 1. The zero-order valence-corrected chi connectivity index (χ0v) is 13.7. The van der Waals surface area contributed by atoms with Gasteiger partial charge < -0.3 is 9.32 Å². The van der Waals surface area contributed by atoms with Gasteiger partial charge >= 0.3 is 0 Å². The molecule has 1 aliphatic rings. The van der Waals surface area contributed by atoms with Crippen molar-refractivity contribution in [1.29, 1.82) is 0 Å². The predicted octanol–water partition coefficient (Wildman–Crippen LogP) is 3.84. The maximum absolute atomic E-state index is 12.2. The quantitative estimate of drug-likeness (QED) is 0.864. The van der Waals surface area contributed by atoms with Crippen molar-refractivity contribution in [1.82, 2.24) is 4.98 Å². The average Bonchev–Trinajstić information content (AvgIpc) is 2.95. The van der Waals surface area contributed by atoms with E-state index in [-0.39, 0.29) is 11.2 Å². The van der Waals surface area contributed by atoms with Crippen molar-refractivity contribution in [2.45, 2.75) is 40.2 Å². The first-order valence-electron chi connectivity index (χ1n) is 7.13. The summed E-state index contributed by atoms with van der Waals surface area (Å²) in [4.78, 5) is 19.9. The topological polar surface area (TPSA) is 46.3 Å². The number of aromatic nitrogens is 1. The van der Waals surface area contributed by atoms with Crippen LogP contribution in [0, 0.1) is 12.3 Å². The first-order chi connectivity index (χ1) is 9.85. The molecule has 0 bridgehead atoms. The fourth-order valence-corrected chi connectivity index (χ4v) is 3.75. The van der Waals surface area contributed by atoms with Gasteiger partial charge in [-0.05, 0) is 24.8 Å². The van der Waals surface area contributed by atoms with E-state index in [1.807, 2.05) is 20.0 Å². The standard InChI is InChI=1S/C16H20N2O2S/c1-10-11(5-6-20-10)9-18(4)15-17-12-7-16(2,3)8-13(19)14(12)21-15/h5-6H,7-9H2,1-4H3. The molecule has 3 rings (SSSR count). The van der Waals surface area contributed by atoms with Crippen LogP contribution in [0.2, 0.25) is 0 Å². The number of aryl methyl sites for hydroxylation is 1. The fraction of sp³-hybridized carbons (Fsp3) is 0.500. The monoisotopic (exact) mass is 304 g/mol. The van der Waals surface area contributed by atoms with Gasteiger partial charge in [0.05, 0.1) is 16.8 Å². The molecular formula is C16H20N2O2S. The van der Waals surface area contributed by atoms with Crippen molar-refractivity contribution in [3.05, 3.63) is 34.2 Å². The summed E-state index contributed by atoms with van der Waals surface area (Å²) in [5, 5.41) is 0.909. The Morgan fingerprint density at radius 2 is 2.19 bits per heavy atom. The number of ketones is 1. The molecule has 21 heavy (non-hydrogen) atoms. The molecule has 0 radical (unpaired) electrons. The molecule has 0 unspecified atom stereocenters. The van der Waals surface area contributed by atoms with E-state index >= 15 is 0 Å². The molecule has 0 saturated heterocycles. The van der Waals surface area contributed by atoms with Crippen molar-refractivity contribution in [2.24, 2.45) is 5.41 Å². The van der Waals surface area contributed by atoms with E-state index < -0.39 is 0 Å². The smallest absolute Gasteiger partial charge is 0.186 e. The maximum Gasteiger partial charge on any atom is 0.186 e. The average molecular weight is 304 g/mol. The van der Waals surface area contributed by atoms with Crippen molar-refractivity contribution in [3.8, 4) is 0 Å². The van der Waals surface area contributed by atoms with Crippen LogP contribution in [0.5, 0.6) is 0 Å². The highest BCUT2D eigenvalue weighted by Gasteiger charge is 2.34. The zero-order chi connectivity index (χ0) is 15.2. The van der Waals surface area contributed by atoms with Crippen LogP contribution < -0.4 is 4.90 Å². The highest BCUT2D eigenvalue weighted by molar-refractivity contribution is 7.17. The Hall–Kier alpha value is -1.62. The molecule has 0 aliphatic heterocycles. The van der Waals surface area contributed by atoms with Gasteiger partial charge in [0.2, 0.25) is 0 Å². The number of nitrogens with zero attached hydrogens (tertiary/aromatic N) is 2. The molecule has 5 heteroatoms. The number of rotatable bonds is 3. The molecule has 0 N–H and O–H groups in total. The van der Waals surface area contributed by atoms with Gasteiger partial charge in [0.15, 0.2) is 10.9 Å². The lowest BCUT2D eigenvalue weighted by atomic mass is 9.78. The normalized spacial score (nSPS) is 16.9. The van der Waals surface area contributed by atoms with Crippen LogP contribution in [-0.4, -0.2) is 17.8 Å². The van der Waals surface area contributed by atoms with Crippen molar-refractivity contribution in [3.63, 3.8) is 0 Å². The van der Waals surface area contributed by atoms with Gasteiger partial charge in [-0.2, -0.15) is 0 Å². The van der Waals surface area contributed by atoms with Crippen LogP contribution in [0.1, 0.15) is 47.0 Å². The van der Waals surface area contributed by atoms with E-state index in [0.29, 0.717) is 6.42 Å². The molecule has 0 amide bonds. The second-order valence-electron chi connectivity index (χ2n) is 6.57. The summed E-state index contributed by atoms with van der Waals surface area (Å²) < 4.78 is 5.33. The van der Waals surface area contributed by atoms with Crippen molar-refractivity contribution in [2.75, 3.05) is 11.9 Å². The summed E-state index contributed by atoms with van der Waals surface area (Å²) >= 11 is 1.51. The van der Waals surface area contributed by atoms with Crippen LogP contribution in [0.4, 0.5) is 5.13 Å². The fourth-order valence-electron chi connectivity index (χ4n) is 2.77. The number of Topliss-reactive ketones (excluding diaryl/α,β-unsaturated/α-hetero) is 1. The van der Waals surface area contributed by atoms with E-state index in [9.17, 15) is 4.79 Å². The molecular weight excluding hydrogens is 284 g/mol. The molecule has 2 aromatic rings. The van der Waals surface area contributed by atoms with E-state index in [0.717, 1.165) is 40.0 Å². The van der Waals surface area contributed by atoms with Crippen LogP contribution >= 0.6 is 11.3 Å². The molecule has 1 aliphatic carbocycles. The molecule has 0 spiro atoms. The molecule has 2 heterocycles. The summed E-state index contributed by atoms with van der Waals surface area (Å²) in [6, 6.07) is 1.98. The number of carbonyl (C=O) groups excluding carboxylic acids is 1. The molecule has 112 valence electrons. The Balaban J connectivity index is 1.85. The Labute approximate surface area is 128 Å². The van der Waals surface area contributed by atoms with Gasteiger partial charge in [-0.1, -0.05) is 25.2 Å². The molecule has 4 nitrogen and oxygen atoms in total. The number of carbonyl (C=O) groups is 1. The van der Waals surface area contributed by atoms with E-state index in [1.165, 1.54) is 11.3 Å². The van der Waals surface area contributed by atoms with Gasteiger partial charge in [-0.25, -0.2) is 4.98 Å². The van der Waals surface area contributed by atoms with Crippen LogP contribution in [0.3, 0.4) is 0 Å². The van der Waals surface area contributed by atoms with Crippen LogP contribution in [0.25, 0.3) is 0 Å². The Kier molecular flexibility index (Phi) is 3.40. The van der Waals surface area contributed by atoms with Crippen LogP contribution in [-0.2, 0) is 13.0 Å². The highest BCUT2D eigenvalue weighted by Crippen LogP contribution is 2.39. The minimum atomic E-state index is 0.0230. The summed E-state index contributed by atoms with van der Waals surface area (Å²) in [6.45, 7) is 6.96. The number of furan rings is 1. The zero-order valence-electron chi connectivity index (χ0n) is 12.9. The van der Waals surface area contributed by atoms with Crippen molar-refractivity contribution < 1.29 is 9.21 Å². The summed E-state index contributed by atoms with van der Waals surface area (Å²) in [7, 11) is 2.01. The minimum Gasteiger partial charge on any atom is -0.469 e. The van der Waals surface area contributed by atoms with Gasteiger partial charge in [0.1, 0.15) is 5.76 Å². The van der Waals surface area contributed by atoms with Gasteiger partial charge in [0, 0.05) is 25.6 Å². The first kappa shape index (κ1) is 14.3. The van der Waals surface area contributed by atoms with Crippen molar-refractivity contribution >= 4 is 22.3 Å². The SMILES string of the molecule is Cc1occc1CN(C)c1nc2c(s1)C(=O)CC(C)(C)C2. The Morgan fingerprint density at radius 3 is 2.86 bits per heavy atom. The Morgan fingerprint density at radius 1 is 1.43 bits per heavy atom. The molecule has 0 fully saturated rings. The summed E-state index contributed by atoms with van der Waals surface area (Å²) in [6.07, 6.45) is 3.20. The first-order valence-corrected chi connectivity index (χ1v) is 7.94. The third-order valence-electron chi connectivity index (χ3n) is 3.92. The van der Waals surface area contributed by atoms with E-state index in [1.54, 1.807) is 6.26 Å². The largest absolute Gasteiger partial charge is 0.469 e. The predicted molar refractivity (Wildman–Crippen MR) is 84.1 cm³/mol. The summed E-state index contributed by atoms with van der Waals surface area (Å²) in [5.74, 6) is 1.17. The lowest BCUT2D eigenvalue weighted by molar-refractivity contribution is 0.0916. The van der Waals surface area contributed by atoms with Gasteiger partial charge in [0.25, 0.3) is 0 Å². The third-order valence-corrected chi connectivity index (χ3v) is 5.18. The molecule has 0 atom stereocenters. The second kappa shape index (κ2) is 4.98. The van der Waals surface area contributed by atoms with E-state index in [4.69, 9.17) is 9.40 Å². The maximum atomic E-state index is 12.2. The van der Waals surface area contributed by atoms with Gasteiger partial charge in [-0.15, -0.1) is 0 Å². The minimum absolute atomic E-state index is 0.0230. The number of hydrogen-bond acceptors (Lipinski definition) is 5. The van der Waals surface area contributed by atoms with E-state index in [2.05, 4.69) is 18.7 Å².